The Morgan fingerprint density at radius 2 is 0.724 bits per heavy atom. The minimum Gasteiger partial charge on any atom is -0.294 e. The van der Waals surface area contributed by atoms with E-state index in [4.69, 9.17) is 0 Å². The maximum Gasteiger partial charge on any atom is 0.170 e. The topological polar surface area (TPSA) is 34.1 Å². The van der Waals surface area contributed by atoms with Crippen LogP contribution in [0.15, 0.2) is 109 Å². The summed E-state index contributed by atoms with van der Waals surface area (Å²) in [6, 6.07) is 34.8. The summed E-state index contributed by atoms with van der Waals surface area (Å²) in [6.45, 7) is 0. The molecular weight excluding hydrogens is 356 g/mol. The number of hydrogen-bond acceptors (Lipinski definition) is 2. The molecule has 0 N–H and O–H groups in total. The predicted molar refractivity (Wildman–Crippen MR) is 117 cm³/mol. The number of hydrogen-bond donors (Lipinski definition) is 0. The third-order valence-corrected chi connectivity index (χ3v) is 4.95. The van der Waals surface area contributed by atoms with Crippen molar-refractivity contribution in [1.82, 2.24) is 0 Å². The molecule has 0 saturated heterocycles. The first-order valence-electron chi connectivity index (χ1n) is 9.58. The van der Waals surface area contributed by atoms with Crippen molar-refractivity contribution in [1.29, 1.82) is 0 Å². The number of benzene rings is 4. The highest BCUT2D eigenvalue weighted by atomic mass is 16.1. The lowest BCUT2D eigenvalue weighted by Crippen LogP contribution is -2.08. The van der Waals surface area contributed by atoms with Crippen molar-refractivity contribution < 1.29 is 9.59 Å². The van der Waals surface area contributed by atoms with Gasteiger partial charge in [-0.1, -0.05) is 109 Å². The van der Waals surface area contributed by atoms with Gasteiger partial charge in [0.15, 0.2) is 11.6 Å². The van der Waals surface area contributed by atoms with Crippen LogP contribution in [0.2, 0.25) is 0 Å². The molecule has 0 atom stereocenters. The molecule has 0 aliphatic heterocycles. The van der Waals surface area contributed by atoms with Crippen molar-refractivity contribution >= 4 is 11.6 Å². The third-order valence-electron chi connectivity index (χ3n) is 4.95. The molecule has 0 radical (unpaired) electrons. The highest BCUT2D eigenvalue weighted by Gasteiger charge is 2.14. The lowest BCUT2D eigenvalue weighted by Gasteiger charge is -2.06. The van der Waals surface area contributed by atoms with Gasteiger partial charge in [0.05, 0.1) is 6.42 Å². The van der Waals surface area contributed by atoms with E-state index in [1.54, 1.807) is 24.3 Å². The third kappa shape index (κ3) is 4.39. The van der Waals surface area contributed by atoms with Crippen molar-refractivity contribution in [3.05, 3.63) is 120 Å². The second-order valence-electron chi connectivity index (χ2n) is 6.91. The van der Waals surface area contributed by atoms with Crippen molar-refractivity contribution in [2.45, 2.75) is 6.42 Å². The SMILES string of the molecule is O=C(CC(=O)c1ccc(-c2ccccc2)cc1)c1ccc(-c2ccccc2)cc1. The highest BCUT2D eigenvalue weighted by Crippen LogP contribution is 2.22. The van der Waals surface area contributed by atoms with Crippen LogP contribution in [0.3, 0.4) is 0 Å². The molecule has 4 rings (SSSR count). The molecule has 0 fully saturated rings. The first kappa shape index (κ1) is 18.6. The Balaban J connectivity index is 1.43. The van der Waals surface area contributed by atoms with Crippen LogP contribution in [0.1, 0.15) is 27.1 Å². The Kier molecular flexibility index (Phi) is 5.44. The molecule has 0 unspecified atom stereocenters. The van der Waals surface area contributed by atoms with Crippen LogP contribution in [-0.4, -0.2) is 11.6 Å². The second-order valence-corrected chi connectivity index (χ2v) is 6.91. The van der Waals surface area contributed by atoms with Crippen LogP contribution in [0, 0.1) is 0 Å². The Bertz CT molecular complexity index is 1020. The molecule has 0 aromatic heterocycles. The van der Waals surface area contributed by atoms with E-state index in [9.17, 15) is 9.59 Å². The molecule has 29 heavy (non-hydrogen) atoms. The normalized spacial score (nSPS) is 10.5. The molecule has 2 heteroatoms. The zero-order chi connectivity index (χ0) is 20.1. The van der Waals surface area contributed by atoms with Gasteiger partial charge < -0.3 is 0 Å². The number of rotatable bonds is 6. The van der Waals surface area contributed by atoms with Crippen LogP contribution < -0.4 is 0 Å². The first-order valence-corrected chi connectivity index (χ1v) is 9.58. The Morgan fingerprint density at radius 1 is 0.414 bits per heavy atom. The second kappa shape index (κ2) is 8.49. The van der Waals surface area contributed by atoms with Gasteiger partial charge in [-0.15, -0.1) is 0 Å². The maximum atomic E-state index is 12.5. The van der Waals surface area contributed by atoms with E-state index in [0.717, 1.165) is 22.3 Å². The van der Waals surface area contributed by atoms with Crippen LogP contribution in [0.5, 0.6) is 0 Å². The molecule has 0 amide bonds. The number of Topliss-reactive ketones (excluding diaryl/α,β-unsaturated/α-hetero) is 2. The summed E-state index contributed by atoms with van der Waals surface area (Å²) in [5.74, 6) is -0.330. The Morgan fingerprint density at radius 3 is 1.07 bits per heavy atom. The van der Waals surface area contributed by atoms with Gasteiger partial charge in [0.1, 0.15) is 0 Å². The fourth-order valence-electron chi connectivity index (χ4n) is 3.31. The van der Waals surface area contributed by atoms with E-state index >= 15 is 0 Å². The van der Waals surface area contributed by atoms with E-state index < -0.39 is 0 Å². The molecular formula is C27H20O2. The maximum absolute atomic E-state index is 12.5. The van der Waals surface area contributed by atoms with Crippen molar-refractivity contribution in [2.75, 3.05) is 0 Å². The summed E-state index contributed by atoms with van der Waals surface area (Å²) in [5.41, 5.74) is 5.40. The van der Waals surface area contributed by atoms with Gasteiger partial charge in [-0.2, -0.15) is 0 Å². The monoisotopic (exact) mass is 376 g/mol. The first-order chi connectivity index (χ1) is 14.2. The Hall–Kier alpha value is -3.78. The molecule has 0 saturated carbocycles. The van der Waals surface area contributed by atoms with Gasteiger partial charge >= 0.3 is 0 Å². The molecule has 2 nitrogen and oxygen atoms in total. The molecule has 0 aliphatic carbocycles. The zero-order valence-corrected chi connectivity index (χ0v) is 15.9. The summed E-state index contributed by atoms with van der Waals surface area (Å²) in [6.07, 6.45) is -0.130. The molecule has 0 bridgehead atoms. The molecule has 0 spiro atoms. The average molecular weight is 376 g/mol. The van der Waals surface area contributed by atoms with Gasteiger partial charge in [0, 0.05) is 11.1 Å². The van der Waals surface area contributed by atoms with E-state index in [2.05, 4.69) is 0 Å². The standard InChI is InChI=1S/C27H20O2/c28-26(24-15-11-22(12-16-24)20-7-3-1-4-8-20)19-27(29)25-17-13-23(14-18-25)21-9-5-2-6-10-21/h1-18H,19H2. The van der Waals surface area contributed by atoms with Crippen LogP contribution in [0.25, 0.3) is 22.3 Å². The lowest BCUT2D eigenvalue weighted by molar-refractivity contribution is 0.0894. The number of carbonyl (C=O) groups excluding carboxylic acids is 2. The van der Waals surface area contributed by atoms with Crippen molar-refractivity contribution in [3.8, 4) is 22.3 Å². The summed E-state index contributed by atoms with van der Waals surface area (Å²) >= 11 is 0. The molecule has 0 aliphatic rings. The predicted octanol–water partition coefficient (Wildman–Crippen LogP) is 6.48. The minimum atomic E-state index is -0.165. The molecule has 4 aromatic carbocycles. The minimum absolute atomic E-state index is 0.130. The summed E-state index contributed by atoms with van der Waals surface area (Å²) in [5, 5.41) is 0. The lowest BCUT2D eigenvalue weighted by atomic mass is 9.97. The fraction of sp³-hybridized carbons (Fsp3) is 0.0370. The van der Waals surface area contributed by atoms with E-state index in [1.165, 1.54) is 0 Å². The van der Waals surface area contributed by atoms with E-state index in [1.807, 2.05) is 84.9 Å². The van der Waals surface area contributed by atoms with Gasteiger partial charge in [0.2, 0.25) is 0 Å². The highest BCUT2D eigenvalue weighted by molar-refractivity contribution is 6.13. The van der Waals surface area contributed by atoms with Gasteiger partial charge in [-0.05, 0) is 22.3 Å². The fourth-order valence-corrected chi connectivity index (χ4v) is 3.31. The zero-order valence-electron chi connectivity index (χ0n) is 15.9. The van der Waals surface area contributed by atoms with Gasteiger partial charge in [-0.25, -0.2) is 0 Å². The van der Waals surface area contributed by atoms with E-state index in [0.29, 0.717) is 11.1 Å². The van der Waals surface area contributed by atoms with E-state index in [-0.39, 0.29) is 18.0 Å². The van der Waals surface area contributed by atoms with Crippen molar-refractivity contribution in [2.24, 2.45) is 0 Å². The van der Waals surface area contributed by atoms with Gasteiger partial charge in [-0.3, -0.25) is 9.59 Å². The van der Waals surface area contributed by atoms with Crippen LogP contribution in [0.4, 0.5) is 0 Å². The number of carbonyl (C=O) groups is 2. The molecule has 4 aromatic rings. The number of ketones is 2. The summed E-state index contributed by atoms with van der Waals surface area (Å²) in [4.78, 5) is 25.1. The quantitative estimate of drug-likeness (QED) is 0.285. The molecule has 0 heterocycles. The smallest absolute Gasteiger partial charge is 0.170 e. The van der Waals surface area contributed by atoms with Crippen LogP contribution >= 0.6 is 0 Å². The van der Waals surface area contributed by atoms with Crippen molar-refractivity contribution in [3.63, 3.8) is 0 Å². The Labute approximate surface area is 170 Å². The average Bonchev–Trinajstić information content (AvgIpc) is 2.80. The van der Waals surface area contributed by atoms with Crippen LogP contribution in [-0.2, 0) is 0 Å². The molecule has 140 valence electrons. The summed E-state index contributed by atoms with van der Waals surface area (Å²) < 4.78 is 0. The summed E-state index contributed by atoms with van der Waals surface area (Å²) in [7, 11) is 0. The largest absolute Gasteiger partial charge is 0.294 e. The van der Waals surface area contributed by atoms with Gasteiger partial charge in [0.25, 0.3) is 0 Å².